The second-order valence-electron chi connectivity index (χ2n) is 12.5. The van der Waals surface area contributed by atoms with Crippen LogP contribution in [0.1, 0.15) is 81.9 Å². The highest BCUT2D eigenvalue weighted by atomic mass is 28.4. The maximum atomic E-state index is 14.8. The third-order valence-electron chi connectivity index (χ3n) is 8.53. The molecule has 2 N–H and O–H groups in total. The largest absolute Gasteiger partial charge is 0.419 e. The Hall–Kier alpha value is -2.56. The van der Waals surface area contributed by atoms with Crippen molar-refractivity contribution in [3.8, 4) is 0 Å². The molecule has 4 rings (SSSR count). The first kappa shape index (κ1) is 30.4. The molecule has 10 heteroatoms. The average Bonchev–Trinajstić information content (AvgIpc) is 2.83. The van der Waals surface area contributed by atoms with Crippen LogP contribution in [0.2, 0.25) is 18.1 Å². The summed E-state index contributed by atoms with van der Waals surface area (Å²) in [5, 5.41) is 15.5. The van der Waals surface area contributed by atoms with E-state index in [1.807, 2.05) is 18.2 Å². The van der Waals surface area contributed by atoms with E-state index in [2.05, 4.69) is 49.1 Å². The van der Waals surface area contributed by atoms with Crippen LogP contribution in [-0.4, -0.2) is 29.5 Å². The number of rotatable bonds is 6. The molecule has 1 aliphatic carbocycles. The van der Waals surface area contributed by atoms with E-state index < -0.39 is 37.5 Å². The Kier molecular flexibility index (Phi) is 8.12. The zero-order valence-electron chi connectivity index (χ0n) is 24.2. The number of hydrogen-bond acceptors (Lipinski definition) is 5. The third-order valence-corrected chi connectivity index (χ3v) is 13.1. The first-order valence-corrected chi connectivity index (χ1v) is 16.6. The molecule has 1 atom stereocenters. The number of hydrogen-bond donors (Lipinski definition) is 2. The van der Waals surface area contributed by atoms with Crippen LogP contribution in [0.15, 0.2) is 36.4 Å². The SMILES string of the molecule is Cc1nc(N[C@H](C)c2cccc(C(F)(F)F)c2F)c2cc(C3(O)CCC(O[Si](C)(C)C(C)(C)C)CC3)ccc2n1. The number of anilines is 1. The van der Waals surface area contributed by atoms with Gasteiger partial charge in [-0.25, -0.2) is 14.4 Å². The van der Waals surface area contributed by atoms with Crippen LogP contribution >= 0.6 is 0 Å². The third kappa shape index (κ3) is 6.18. The van der Waals surface area contributed by atoms with E-state index in [1.165, 1.54) is 12.1 Å². The first-order chi connectivity index (χ1) is 18.4. The molecule has 40 heavy (non-hydrogen) atoms. The van der Waals surface area contributed by atoms with Gasteiger partial charge in [0, 0.05) is 17.1 Å². The molecule has 1 heterocycles. The summed E-state index contributed by atoms with van der Waals surface area (Å²) in [6.07, 6.45) is -2.13. The summed E-state index contributed by atoms with van der Waals surface area (Å²) in [5.74, 6) is -0.481. The lowest BCUT2D eigenvalue weighted by atomic mass is 9.78. The number of nitrogens with zero attached hydrogens (tertiary/aromatic N) is 2. The van der Waals surface area contributed by atoms with Crippen molar-refractivity contribution < 1.29 is 27.1 Å². The molecule has 0 amide bonds. The van der Waals surface area contributed by atoms with Gasteiger partial charge in [-0.15, -0.1) is 0 Å². The topological polar surface area (TPSA) is 67.3 Å². The highest BCUT2D eigenvalue weighted by Crippen LogP contribution is 2.43. The molecular weight excluding hydrogens is 538 g/mol. The van der Waals surface area contributed by atoms with Crippen LogP contribution in [0.3, 0.4) is 0 Å². The summed E-state index contributed by atoms with van der Waals surface area (Å²) in [6.45, 7) is 14.4. The van der Waals surface area contributed by atoms with Gasteiger partial charge in [0.1, 0.15) is 17.5 Å². The summed E-state index contributed by atoms with van der Waals surface area (Å²) < 4.78 is 61.3. The summed E-state index contributed by atoms with van der Waals surface area (Å²) in [4.78, 5) is 8.98. The van der Waals surface area contributed by atoms with Crippen molar-refractivity contribution in [2.24, 2.45) is 0 Å². The van der Waals surface area contributed by atoms with Crippen molar-refractivity contribution >= 4 is 25.0 Å². The van der Waals surface area contributed by atoms with Crippen molar-refractivity contribution in [2.45, 2.75) is 102 Å². The zero-order chi connectivity index (χ0) is 29.7. The van der Waals surface area contributed by atoms with Gasteiger partial charge in [-0.05, 0) is 81.4 Å². The fourth-order valence-corrected chi connectivity index (χ4v) is 6.52. The Morgan fingerprint density at radius 3 is 2.33 bits per heavy atom. The Morgan fingerprint density at radius 1 is 1.07 bits per heavy atom. The molecule has 1 fully saturated rings. The number of aromatic nitrogens is 2. The lowest BCUT2D eigenvalue weighted by Crippen LogP contribution is -2.46. The second-order valence-corrected chi connectivity index (χ2v) is 17.3. The smallest absolute Gasteiger partial charge is 0.414 e. The van der Waals surface area contributed by atoms with Gasteiger partial charge >= 0.3 is 6.18 Å². The summed E-state index contributed by atoms with van der Waals surface area (Å²) in [7, 11) is -1.92. The number of aliphatic hydroxyl groups is 1. The van der Waals surface area contributed by atoms with Gasteiger partial charge in [-0.2, -0.15) is 13.2 Å². The molecule has 1 aromatic heterocycles. The predicted octanol–water partition coefficient (Wildman–Crippen LogP) is 8.42. The van der Waals surface area contributed by atoms with E-state index in [4.69, 9.17) is 4.43 Å². The normalized spacial score (nSPS) is 21.4. The first-order valence-electron chi connectivity index (χ1n) is 13.7. The minimum Gasteiger partial charge on any atom is -0.414 e. The Balaban J connectivity index is 1.60. The van der Waals surface area contributed by atoms with Crippen LogP contribution in [0, 0.1) is 12.7 Å². The summed E-state index contributed by atoms with van der Waals surface area (Å²) in [5.41, 5.74) is -1.13. The molecule has 5 nitrogen and oxygen atoms in total. The molecular formula is C30H39F4N3O2Si. The van der Waals surface area contributed by atoms with E-state index in [9.17, 15) is 22.7 Å². The van der Waals surface area contributed by atoms with Gasteiger partial charge in [0.2, 0.25) is 0 Å². The molecule has 1 aliphatic rings. The molecule has 0 bridgehead atoms. The van der Waals surface area contributed by atoms with E-state index in [0.717, 1.165) is 24.5 Å². The fourth-order valence-electron chi connectivity index (χ4n) is 5.10. The molecule has 0 aliphatic heterocycles. The highest BCUT2D eigenvalue weighted by molar-refractivity contribution is 6.74. The molecule has 0 radical (unpaired) electrons. The zero-order valence-corrected chi connectivity index (χ0v) is 25.2. The highest BCUT2D eigenvalue weighted by Gasteiger charge is 2.42. The van der Waals surface area contributed by atoms with Gasteiger partial charge < -0.3 is 14.8 Å². The quantitative estimate of drug-likeness (QED) is 0.227. The number of alkyl halides is 3. The lowest BCUT2D eigenvalue weighted by Gasteiger charge is -2.43. The predicted molar refractivity (Wildman–Crippen MR) is 152 cm³/mol. The van der Waals surface area contributed by atoms with Crippen molar-refractivity contribution in [3.05, 3.63) is 64.7 Å². The monoisotopic (exact) mass is 577 g/mol. The minimum absolute atomic E-state index is 0.105. The number of halogens is 4. The van der Waals surface area contributed by atoms with E-state index in [0.29, 0.717) is 35.4 Å². The standard InChI is InChI=1S/C30H39F4N3O2Si/c1-18(22-9-8-10-24(26(22)31)30(32,33)34)35-27-23-17-20(11-12-25(23)36-19(2)37-27)29(38)15-13-21(14-16-29)39-40(6,7)28(3,4)5/h8-12,17-18,21,38H,13-16H2,1-7H3,(H,35,36,37)/t18-,21?,29?/m1/s1. The molecule has 218 valence electrons. The minimum atomic E-state index is -4.79. The number of aryl methyl sites for hydroxylation is 1. The van der Waals surface area contributed by atoms with E-state index >= 15 is 0 Å². The fraction of sp³-hybridized carbons (Fsp3) is 0.533. The van der Waals surface area contributed by atoms with E-state index in [1.54, 1.807) is 13.8 Å². The van der Waals surface area contributed by atoms with Crippen molar-refractivity contribution in [1.29, 1.82) is 0 Å². The van der Waals surface area contributed by atoms with E-state index in [-0.39, 0.29) is 16.7 Å². The maximum absolute atomic E-state index is 14.8. The van der Waals surface area contributed by atoms with Crippen molar-refractivity contribution in [1.82, 2.24) is 9.97 Å². The summed E-state index contributed by atoms with van der Waals surface area (Å²) in [6, 6.07) is 7.96. The number of benzene rings is 2. The molecule has 2 aromatic carbocycles. The molecule has 0 spiro atoms. The van der Waals surface area contributed by atoms with Gasteiger partial charge in [0.05, 0.1) is 22.7 Å². The average molecular weight is 578 g/mol. The lowest BCUT2D eigenvalue weighted by molar-refractivity contribution is -0.140. The van der Waals surface area contributed by atoms with Crippen LogP contribution in [0.4, 0.5) is 23.4 Å². The molecule has 3 aromatic rings. The van der Waals surface area contributed by atoms with Crippen LogP contribution < -0.4 is 5.32 Å². The van der Waals surface area contributed by atoms with Crippen LogP contribution in [0.5, 0.6) is 0 Å². The van der Waals surface area contributed by atoms with Crippen LogP contribution in [-0.2, 0) is 16.2 Å². The number of fused-ring (bicyclic) bond motifs is 1. The Labute approximate surface area is 234 Å². The molecule has 1 saturated carbocycles. The molecule has 0 saturated heterocycles. The van der Waals surface area contributed by atoms with Crippen molar-refractivity contribution in [3.63, 3.8) is 0 Å². The van der Waals surface area contributed by atoms with Crippen LogP contribution in [0.25, 0.3) is 10.9 Å². The van der Waals surface area contributed by atoms with Gasteiger partial charge in [0.25, 0.3) is 0 Å². The Morgan fingerprint density at radius 2 is 1.73 bits per heavy atom. The van der Waals surface area contributed by atoms with Gasteiger partial charge in [-0.1, -0.05) is 39.0 Å². The summed E-state index contributed by atoms with van der Waals surface area (Å²) >= 11 is 0. The van der Waals surface area contributed by atoms with Gasteiger partial charge in [-0.3, -0.25) is 0 Å². The number of nitrogens with one attached hydrogen (secondary N) is 1. The van der Waals surface area contributed by atoms with Crippen molar-refractivity contribution in [2.75, 3.05) is 5.32 Å². The molecule has 0 unspecified atom stereocenters. The van der Waals surface area contributed by atoms with Gasteiger partial charge in [0.15, 0.2) is 8.32 Å². The Bertz CT molecular complexity index is 1380. The second kappa shape index (κ2) is 10.7. The maximum Gasteiger partial charge on any atom is 0.419 e.